The molecule has 3 N–H and O–H groups in total. The molecule has 1 aromatic carbocycles. The van der Waals surface area contributed by atoms with E-state index in [-0.39, 0.29) is 11.3 Å². The first-order valence-electron chi connectivity index (χ1n) is 6.48. The van der Waals surface area contributed by atoms with Gasteiger partial charge in [-0.25, -0.2) is 0 Å². The molecule has 0 unspecified atom stereocenters. The summed E-state index contributed by atoms with van der Waals surface area (Å²) in [6, 6.07) is 3.68. The highest BCUT2D eigenvalue weighted by Crippen LogP contribution is 2.39. The van der Waals surface area contributed by atoms with E-state index < -0.39 is 0 Å². The Morgan fingerprint density at radius 3 is 2.47 bits per heavy atom. The van der Waals surface area contributed by atoms with Gasteiger partial charge in [0.1, 0.15) is 0 Å². The van der Waals surface area contributed by atoms with Crippen molar-refractivity contribution in [1.29, 1.82) is 0 Å². The highest BCUT2D eigenvalue weighted by atomic mass is 79.9. The number of nitrogens with one attached hydrogen (secondary N) is 1. The van der Waals surface area contributed by atoms with E-state index in [1.54, 1.807) is 6.07 Å². The molecular weight excluding hydrogens is 372 g/mol. The topological polar surface area (TPSA) is 55.1 Å². The molecule has 0 aromatic heterocycles. The lowest BCUT2D eigenvalue weighted by atomic mass is 9.75. The smallest absolute Gasteiger partial charge is 0.230 e. The van der Waals surface area contributed by atoms with E-state index in [4.69, 9.17) is 5.73 Å². The molecular formula is C14H18Br2N2O. The van der Waals surface area contributed by atoms with E-state index in [0.717, 1.165) is 34.6 Å². The normalized spacial score (nSPS) is 18.1. The molecule has 5 heteroatoms. The largest absolute Gasteiger partial charge is 0.397 e. The molecule has 3 nitrogen and oxygen atoms in total. The summed E-state index contributed by atoms with van der Waals surface area (Å²) in [5, 5.41) is 2.98. The van der Waals surface area contributed by atoms with E-state index in [1.165, 1.54) is 6.42 Å². The molecule has 0 bridgehead atoms. The van der Waals surface area contributed by atoms with Crippen molar-refractivity contribution < 1.29 is 4.79 Å². The number of hydrogen-bond acceptors (Lipinski definition) is 2. The molecule has 0 heterocycles. The molecule has 0 radical (unpaired) electrons. The minimum absolute atomic E-state index is 0.0712. The molecule has 19 heavy (non-hydrogen) atoms. The van der Waals surface area contributed by atoms with Gasteiger partial charge in [0.25, 0.3) is 0 Å². The molecule has 0 aliphatic heterocycles. The number of nitrogen functional groups attached to an aromatic ring is 1. The van der Waals surface area contributed by atoms with Crippen molar-refractivity contribution in [3.05, 3.63) is 21.1 Å². The average Bonchev–Trinajstić information content (AvgIpc) is 2.34. The number of halogens is 2. The Kier molecular flexibility index (Phi) is 4.56. The number of hydrogen-bond donors (Lipinski definition) is 2. The van der Waals surface area contributed by atoms with Crippen LogP contribution in [0.4, 0.5) is 11.4 Å². The summed E-state index contributed by atoms with van der Waals surface area (Å²) in [5.41, 5.74) is 6.93. The van der Waals surface area contributed by atoms with Gasteiger partial charge in [-0.05, 0) is 40.9 Å². The lowest BCUT2D eigenvalue weighted by molar-refractivity contribution is -0.126. The summed E-state index contributed by atoms with van der Waals surface area (Å²) in [6.07, 6.45) is 5.38. The highest BCUT2D eigenvalue weighted by Gasteiger charge is 2.34. The third-order valence-electron chi connectivity index (χ3n) is 3.83. The zero-order valence-corrected chi connectivity index (χ0v) is 14.1. The van der Waals surface area contributed by atoms with E-state index in [0.29, 0.717) is 11.4 Å². The second-order valence-corrected chi connectivity index (χ2v) is 7.20. The maximum atomic E-state index is 12.5. The molecule has 0 spiro atoms. The molecule has 1 saturated carbocycles. The second kappa shape index (κ2) is 5.83. The van der Waals surface area contributed by atoms with E-state index in [9.17, 15) is 4.79 Å². The van der Waals surface area contributed by atoms with Crippen LogP contribution in [0.15, 0.2) is 21.1 Å². The molecule has 1 aromatic rings. The van der Waals surface area contributed by atoms with Crippen molar-refractivity contribution >= 4 is 49.1 Å². The van der Waals surface area contributed by atoms with E-state index in [2.05, 4.69) is 37.2 Å². The van der Waals surface area contributed by atoms with Crippen molar-refractivity contribution in [2.75, 3.05) is 11.1 Å². The number of nitrogens with two attached hydrogens (primary N) is 1. The third-order valence-corrected chi connectivity index (χ3v) is 4.91. The quantitative estimate of drug-likeness (QED) is 0.720. The first kappa shape index (κ1) is 14.9. The van der Waals surface area contributed by atoms with Gasteiger partial charge < -0.3 is 11.1 Å². The van der Waals surface area contributed by atoms with Crippen LogP contribution < -0.4 is 11.1 Å². The Morgan fingerprint density at radius 1 is 1.26 bits per heavy atom. The summed E-state index contributed by atoms with van der Waals surface area (Å²) < 4.78 is 1.69. The lowest BCUT2D eigenvalue weighted by Crippen LogP contribution is -2.35. The zero-order valence-electron chi connectivity index (χ0n) is 10.9. The van der Waals surface area contributed by atoms with Gasteiger partial charge in [-0.15, -0.1) is 0 Å². The number of rotatable bonds is 2. The SMILES string of the molecule is CC1(C(=O)Nc2c(N)cc(Br)cc2Br)CCCCC1. The van der Waals surface area contributed by atoms with Crippen LogP contribution in [-0.2, 0) is 4.79 Å². The van der Waals surface area contributed by atoms with Gasteiger partial charge in [0.2, 0.25) is 5.91 Å². The summed E-state index contributed by atoms with van der Waals surface area (Å²) in [4.78, 5) is 12.5. The van der Waals surface area contributed by atoms with Crippen LogP contribution in [0.25, 0.3) is 0 Å². The predicted octanol–water partition coefficient (Wildman–Crippen LogP) is 4.70. The van der Waals surface area contributed by atoms with Gasteiger partial charge in [-0.1, -0.05) is 42.1 Å². The van der Waals surface area contributed by atoms with Crippen molar-refractivity contribution in [1.82, 2.24) is 0 Å². The third kappa shape index (κ3) is 3.31. The van der Waals surface area contributed by atoms with E-state index >= 15 is 0 Å². The monoisotopic (exact) mass is 388 g/mol. The summed E-state index contributed by atoms with van der Waals surface area (Å²) in [5.74, 6) is 0.0712. The van der Waals surface area contributed by atoms with Crippen LogP contribution in [0.5, 0.6) is 0 Å². The molecule has 0 atom stereocenters. The van der Waals surface area contributed by atoms with Crippen LogP contribution >= 0.6 is 31.9 Å². The van der Waals surface area contributed by atoms with Gasteiger partial charge >= 0.3 is 0 Å². The van der Waals surface area contributed by atoms with Gasteiger partial charge in [-0.2, -0.15) is 0 Å². The average molecular weight is 390 g/mol. The minimum atomic E-state index is -0.267. The maximum Gasteiger partial charge on any atom is 0.230 e. The van der Waals surface area contributed by atoms with Crippen molar-refractivity contribution in [2.45, 2.75) is 39.0 Å². The van der Waals surface area contributed by atoms with Crippen molar-refractivity contribution in [2.24, 2.45) is 5.41 Å². The van der Waals surface area contributed by atoms with Crippen LogP contribution in [0.3, 0.4) is 0 Å². The second-order valence-electron chi connectivity index (χ2n) is 5.43. The Bertz CT molecular complexity index is 473. The Hall–Kier alpha value is -0.550. The Morgan fingerprint density at radius 2 is 1.89 bits per heavy atom. The zero-order chi connectivity index (χ0) is 14.0. The molecule has 1 aliphatic carbocycles. The van der Waals surface area contributed by atoms with Gasteiger partial charge in [0.05, 0.1) is 11.4 Å². The standard InChI is InChI=1S/C14H18Br2N2O/c1-14(5-3-2-4-6-14)13(19)18-12-10(16)7-9(15)8-11(12)17/h7-8H,2-6,17H2,1H3,(H,18,19). The van der Waals surface area contributed by atoms with Crippen LogP contribution in [-0.4, -0.2) is 5.91 Å². The number of benzene rings is 1. The highest BCUT2D eigenvalue weighted by molar-refractivity contribution is 9.11. The van der Waals surface area contributed by atoms with Gasteiger partial charge in [0, 0.05) is 14.4 Å². The number of anilines is 2. The fourth-order valence-corrected chi connectivity index (χ4v) is 3.91. The fourth-order valence-electron chi connectivity index (χ4n) is 2.55. The predicted molar refractivity (Wildman–Crippen MR) is 86.1 cm³/mol. The van der Waals surface area contributed by atoms with E-state index in [1.807, 2.05) is 13.0 Å². The van der Waals surface area contributed by atoms with Crippen molar-refractivity contribution in [3.63, 3.8) is 0 Å². The van der Waals surface area contributed by atoms with Crippen LogP contribution in [0.2, 0.25) is 0 Å². The van der Waals surface area contributed by atoms with Gasteiger partial charge in [-0.3, -0.25) is 4.79 Å². The minimum Gasteiger partial charge on any atom is -0.397 e. The summed E-state index contributed by atoms with van der Waals surface area (Å²) in [6.45, 7) is 2.05. The Balaban J connectivity index is 2.19. The molecule has 1 fully saturated rings. The molecule has 1 aliphatic rings. The number of carbonyl (C=O) groups excluding carboxylic acids is 1. The molecule has 104 valence electrons. The first-order chi connectivity index (χ1) is 8.92. The Labute approximate surface area is 130 Å². The number of amides is 1. The maximum absolute atomic E-state index is 12.5. The fraction of sp³-hybridized carbons (Fsp3) is 0.500. The van der Waals surface area contributed by atoms with Gasteiger partial charge in [0.15, 0.2) is 0 Å². The summed E-state index contributed by atoms with van der Waals surface area (Å²) in [7, 11) is 0. The van der Waals surface area contributed by atoms with Crippen LogP contribution in [0.1, 0.15) is 39.0 Å². The first-order valence-corrected chi connectivity index (χ1v) is 8.07. The van der Waals surface area contributed by atoms with Crippen LogP contribution in [0, 0.1) is 5.41 Å². The summed E-state index contributed by atoms with van der Waals surface area (Å²) >= 11 is 6.82. The number of carbonyl (C=O) groups is 1. The van der Waals surface area contributed by atoms with Crippen molar-refractivity contribution in [3.8, 4) is 0 Å². The lowest BCUT2D eigenvalue weighted by Gasteiger charge is -2.32. The molecule has 0 saturated heterocycles. The molecule has 1 amide bonds. The molecule has 2 rings (SSSR count).